The predicted molar refractivity (Wildman–Crippen MR) is 158 cm³/mol. The van der Waals surface area contributed by atoms with Crippen LogP contribution < -0.4 is 0 Å². The number of halogens is 2. The molecule has 0 radical (unpaired) electrons. The molecule has 2 aliphatic rings. The predicted octanol–water partition coefficient (Wildman–Crippen LogP) is 7.88. The van der Waals surface area contributed by atoms with E-state index in [9.17, 15) is 18.4 Å². The summed E-state index contributed by atoms with van der Waals surface area (Å²) in [6, 6.07) is 5.55. The van der Waals surface area contributed by atoms with Crippen LogP contribution in [0.2, 0.25) is 0 Å². The molecule has 0 aliphatic heterocycles. The van der Waals surface area contributed by atoms with Gasteiger partial charge >= 0.3 is 5.97 Å². The number of imidazole rings is 2. The van der Waals surface area contributed by atoms with Gasteiger partial charge in [-0.1, -0.05) is 11.6 Å². The Morgan fingerprint density at radius 1 is 0.857 bits per heavy atom. The van der Waals surface area contributed by atoms with E-state index < -0.39 is 17.6 Å². The number of rotatable bonds is 6. The number of carbonyl (C=O) groups is 2. The lowest BCUT2D eigenvalue weighted by Crippen LogP contribution is -2.04. The monoisotopic (exact) mass is 574 g/mol. The number of benzene rings is 2. The minimum atomic E-state index is -1.26. The van der Waals surface area contributed by atoms with Gasteiger partial charge in [0.15, 0.2) is 6.29 Å². The van der Waals surface area contributed by atoms with Crippen molar-refractivity contribution in [1.82, 2.24) is 19.1 Å². The lowest BCUT2D eigenvalue weighted by molar-refractivity contribution is 0.0691. The maximum Gasteiger partial charge on any atom is 0.338 e. The van der Waals surface area contributed by atoms with Crippen LogP contribution in [0, 0.1) is 25.5 Å². The van der Waals surface area contributed by atoms with Crippen LogP contribution >= 0.6 is 0 Å². The molecule has 6 rings (SSSR count). The highest BCUT2D eigenvalue weighted by molar-refractivity contribution is 5.89. The van der Waals surface area contributed by atoms with Gasteiger partial charge in [-0.2, -0.15) is 0 Å². The van der Waals surface area contributed by atoms with Crippen LogP contribution in [0.5, 0.6) is 0 Å². The van der Waals surface area contributed by atoms with E-state index in [-0.39, 0.29) is 11.1 Å². The van der Waals surface area contributed by atoms with Crippen molar-refractivity contribution >= 4 is 12.3 Å². The molecular formula is C33H36F2N4O3. The molecule has 2 aliphatic carbocycles. The molecule has 0 bridgehead atoms. The van der Waals surface area contributed by atoms with Gasteiger partial charge < -0.3 is 14.2 Å². The third-order valence-electron chi connectivity index (χ3n) is 7.29. The normalized spacial score (nSPS) is 13.8. The molecule has 2 aromatic heterocycles. The molecule has 9 heteroatoms. The summed E-state index contributed by atoms with van der Waals surface area (Å²) in [6.45, 7) is 9.78. The van der Waals surface area contributed by atoms with Crippen molar-refractivity contribution in [3.63, 3.8) is 0 Å². The number of aromatic nitrogens is 4. The van der Waals surface area contributed by atoms with Gasteiger partial charge in [-0.3, -0.25) is 4.79 Å². The fourth-order valence-electron chi connectivity index (χ4n) is 4.27. The topological polar surface area (TPSA) is 90.0 Å². The summed E-state index contributed by atoms with van der Waals surface area (Å²) in [5.74, 6) is -1.34. The summed E-state index contributed by atoms with van der Waals surface area (Å²) in [5.41, 5.74) is 6.16. The van der Waals surface area contributed by atoms with E-state index in [4.69, 9.17) is 5.11 Å². The molecule has 0 amide bonds. The average Bonchev–Trinajstić information content (AvgIpc) is 3.88. The molecule has 42 heavy (non-hydrogen) atoms. The molecular weight excluding hydrogens is 538 g/mol. The van der Waals surface area contributed by atoms with E-state index in [0.717, 1.165) is 35.5 Å². The maximum atomic E-state index is 13.5. The lowest BCUT2D eigenvalue weighted by atomic mass is 10.1. The second-order valence-electron chi connectivity index (χ2n) is 11.0. The van der Waals surface area contributed by atoms with Gasteiger partial charge in [-0.25, -0.2) is 23.5 Å². The molecule has 0 unspecified atom stereocenters. The maximum absolute atomic E-state index is 13.5. The zero-order chi connectivity index (χ0) is 30.6. The second kappa shape index (κ2) is 13.1. The number of aryl methyl sites for hydroxylation is 2. The Bertz CT molecular complexity index is 1620. The highest BCUT2D eigenvalue weighted by Crippen LogP contribution is 2.40. The number of carboxylic acids is 1. The number of carbonyl (C=O) groups excluding carboxylic acids is 1. The number of nitrogens with zero attached hydrogens (tertiary/aromatic N) is 4. The largest absolute Gasteiger partial charge is 0.478 e. The van der Waals surface area contributed by atoms with E-state index in [1.807, 2.05) is 30.8 Å². The van der Waals surface area contributed by atoms with E-state index in [2.05, 4.69) is 29.9 Å². The van der Waals surface area contributed by atoms with Gasteiger partial charge in [-0.05, 0) is 95.7 Å². The third-order valence-corrected chi connectivity index (χ3v) is 7.29. The van der Waals surface area contributed by atoms with Crippen LogP contribution in [0.3, 0.4) is 0 Å². The smallest absolute Gasteiger partial charge is 0.338 e. The van der Waals surface area contributed by atoms with E-state index in [0.29, 0.717) is 29.4 Å². The highest BCUT2D eigenvalue weighted by atomic mass is 19.1. The first-order valence-corrected chi connectivity index (χ1v) is 14.0. The lowest BCUT2D eigenvalue weighted by Gasteiger charge is -2.08. The van der Waals surface area contributed by atoms with E-state index in [1.54, 1.807) is 30.2 Å². The molecule has 0 saturated heterocycles. The Kier molecular flexibility index (Phi) is 9.50. The number of aldehydes is 1. The average molecular weight is 575 g/mol. The standard InChI is InChI=1S/C14H13FN2O2.C14H13FN2O.C5H10/c1-8-4-11(15)10(14(18)19)5-13(8)17-6-12(16-7-17)9-2-3-9;1-9-4-12(15)11(7-18)5-14(9)17-6-13(16-8-17)10-2-3-10;1-4-5(2)3/h4-7,9H,2-3H2,1H3,(H,18,19);4-8,10H,2-3H2,1H3;4H,1-3H3. The zero-order valence-electron chi connectivity index (χ0n) is 24.6. The van der Waals surface area contributed by atoms with Crippen LogP contribution in [0.1, 0.15) is 102 Å². The van der Waals surface area contributed by atoms with Gasteiger partial charge in [0.1, 0.15) is 11.6 Å². The number of aromatic carboxylic acids is 1. The first kappa shape index (κ1) is 30.6. The van der Waals surface area contributed by atoms with Crippen molar-refractivity contribution < 1.29 is 23.5 Å². The molecule has 2 aromatic carbocycles. The van der Waals surface area contributed by atoms with Crippen molar-refractivity contribution in [2.75, 3.05) is 0 Å². The molecule has 220 valence electrons. The van der Waals surface area contributed by atoms with Crippen molar-refractivity contribution in [3.05, 3.63) is 106 Å². The minimum absolute atomic E-state index is 0.0808. The summed E-state index contributed by atoms with van der Waals surface area (Å²) in [7, 11) is 0. The number of carboxylic acid groups (broad SMARTS) is 1. The molecule has 2 fully saturated rings. The van der Waals surface area contributed by atoms with Crippen molar-refractivity contribution in [3.8, 4) is 11.4 Å². The molecule has 4 aromatic rings. The fourth-order valence-corrected chi connectivity index (χ4v) is 4.27. The van der Waals surface area contributed by atoms with Crippen molar-refractivity contribution in [2.45, 2.75) is 72.1 Å². The summed E-state index contributed by atoms with van der Waals surface area (Å²) >= 11 is 0. The van der Waals surface area contributed by atoms with Gasteiger partial charge in [0.05, 0.1) is 46.5 Å². The summed E-state index contributed by atoms with van der Waals surface area (Å²) in [6.07, 6.45) is 14.5. The van der Waals surface area contributed by atoms with Crippen LogP contribution in [0.25, 0.3) is 11.4 Å². The van der Waals surface area contributed by atoms with Crippen LogP contribution in [0.4, 0.5) is 8.78 Å². The summed E-state index contributed by atoms with van der Waals surface area (Å²) in [5, 5.41) is 8.97. The molecule has 2 saturated carbocycles. The van der Waals surface area contributed by atoms with Gasteiger partial charge in [0.25, 0.3) is 0 Å². The Morgan fingerprint density at radius 2 is 1.31 bits per heavy atom. The van der Waals surface area contributed by atoms with Crippen LogP contribution in [0.15, 0.2) is 61.0 Å². The quantitative estimate of drug-likeness (QED) is 0.187. The van der Waals surface area contributed by atoms with E-state index in [1.165, 1.54) is 36.6 Å². The minimum Gasteiger partial charge on any atom is -0.478 e. The van der Waals surface area contributed by atoms with Gasteiger partial charge in [0, 0.05) is 24.2 Å². The summed E-state index contributed by atoms with van der Waals surface area (Å²) < 4.78 is 30.6. The fraction of sp³-hybridized carbons (Fsp3) is 0.333. The van der Waals surface area contributed by atoms with E-state index >= 15 is 0 Å². The molecule has 0 spiro atoms. The molecule has 1 N–H and O–H groups in total. The highest BCUT2D eigenvalue weighted by Gasteiger charge is 2.27. The Morgan fingerprint density at radius 3 is 1.71 bits per heavy atom. The number of allylic oxidation sites excluding steroid dienone is 2. The SMILES string of the molecule is CC=C(C)C.Cc1cc(F)c(C(=O)O)cc1-n1cnc(C2CC2)c1.Cc1cc(F)c(C=O)cc1-n1cnc(C2CC2)c1. The Balaban J connectivity index is 0.000000167. The molecule has 2 heterocycles. The third kappa shape index (κ3) is 7.46. The van der Waals surface area contributed by atoms with Crippen LogP contribution in [-0.2, 0) is 0 Å². The van der Waals surface area contributed by atoms with Crippen LogP contribution in [-0.4, -0.2) is 36.5 Å². The first-order chi connectivity index (χ1) is 20.0. The number of hydrogen-bond donors (Lipinski definition) is 1. The van der Waals surface area contributed by atoms with Gasteiger partial charge in [-0.15, -0.1) is 0 Å². The Labute approximate surface area is 244 Å². The first-order valence-electron chi connectivity index (χ1n) is 14.0. The van der Waals surface area contributed by atoms with Gasteiger partial charge in [0.2, 0.25) is 0 Å². The van der Waals surface area contributed by atoms with Crippen molar-refractivity contribution in [2.24, 2.45) is 0 Å². The Hall–Kier alpha value is -4.40. The summed E-state index contributed by atoms with van der Waals surface area (Å²) in [4.78, 5) is 30.4. The number of hydrogen-bond acceptors (Lipinski definition) is 4. The molecule has 0 atom stereocenters. The van der Waals surface area contributed by atoms with Crippen molar-refractivity contribution in [1.29, 1.82) is 0 Å². The zero-order valence-corrected chi connectivity index (χ0v) is 24.6. The second-order valence-corrected chi connectivity index (χ2v) is 11.0. The molecule has 7 nitrogen and oxygen atoms in total.